The van der Waals surface area contributed by atoms with E-state index < -0.39 is 4.92 Å². The molecule has 0 saturated carbocycles. The number of nitro benzene ring substituents is 1. The Kier molecular flexibility index (Phi) is 4.30. The maximum Gasteiger partial charge on any atom is 0.298 e. The van der Waals surface area contributed by atoms with Gasteiger partial charge in [-0.1, -0.05) is 6.07 Å². The van der Waals surface area contributed by atoms with E-state index in [9.17, 15) is 10.1 Å². The van der Waals surface area contributed by atoms with Crippen molar-refractivity contribution in [2.24, 2.45) is 0 Å². The topological polar surface area (TPSA) is 101 Å². The van der Waals surface area contributed by atoms with E-state index >= 15 is 0 Å². The van der Waals surface area contributed by atoms with Crippen LogP contribution in [0.1, 0.15) is 19.3 Å². The quantitative estimate of drug-likeness (QED) is 0.452. The molecule has 7 nitrogen and oxygen atoms in total. The highest BCUT2D eigenvalue weighted by atomic mass is 16.6. The van der Waals surface area contributed by atoms with Crippen molar-refractivity contribution in [1.29, 1.82) is 0 Å². The number of aromatic nitrogens is 1. The third kappa shape index (κ3) is 3.19. The molecule has 102 valence electrons. The summed E-state index contributed by atoms with van der Waals surface area (Å²) in [5.74, 6) is 0. The average Bonchev–Trinajstić information content (AvgIpc) is 2.80. The predicted molar refractivity (Wildman–Crippen MR) is 70.1 cm³/mol. The van der Waals surface area contributed by atoms with Crippen LogP contribution < -0.4 is 5.32 Å². The number of unbranched alkanes of at least 4 members (excludes halogenated alkanes) is 2. The predicted octanol–water partition coefficient (Wildman–Crippen LogP) is 2.31. The van der Waals surface area contributed by atoms with Crippen molar-refractivity contribution >= 4 is 22.8 Å². The van der Waals surface area contributed by atoms with Gasteiger partial charge in [-0.2, -0.15) is 4.98 Å². The molecule has 0 amide bonds. The maximum absolute atomic E-state index is 10.8. The molecule has 0 atom stereocenters. The number of fused-ring (bicyclic) bond motifs is 1. The number of nitrogens with one attached hydrogen (secondary N) is 1. The lowest BCUT2D eigenvalue weighted by Crippen LogP contribution is -2.01. The first-order valence-electron chi connectivity index (χ1n) is 6.11. The summed E-state index contributed by atoms with van der Waals surface area (Å²) in [6.45, 7) is 0.843. The van der Waals surface area contributed by atoms with Gasteiger partial charge in [0.05, 0.1) is 4.92 Å². The van der Waals surface area contributed by atoms with Crippen molar-refractivity contribution < 1.29 is 14.4 Å². The van der Waals surface area contributed by atoms with Crippen molar-refractivity contribution in [3.05, 3.63) is 28.3 Å². The molecular formula is C12H15N3O4. The van der Waals surface area contributed by atoms with Gasteiger partial charge in [0.15, 0.2) is 11.1 Å². The molecule has 0 spiro atoms. The average molecular weight is 265 g/mol. The van der Waals surface area contributed by atoms with E-state index in [-0.39, 0.29) is 23.8 Å². The minimum atomic E-state index is -0.476. The van der Waals surface area contributed by atoms with Crippen LogP contribution in [0.5, 0.6) is 0 Å². The maximum atomic E-state index is 10.8. The van der Waals surface area contributed by atoms with Crippen LogP contribution in [0.25, 0.3) is 11.1 Å². The lowest BCUT2D eigenvalue weighted by atomic mass is 10.2. The van der Waals surface area contributed by atoms with Gasteiger partial charge in [-0.3, -0.25) is 10.1 Å². The fourth-order valence-electron chi connectivity index (χ4n) is 1.77. The Labute approximate surface area is 109 Å². The molecule has 0 fully saturated rings. The lowest BCUT2D eigenvalue weighted by Gasteiger charge is -1.99. The monoisotopic (exact) mass is 265 g/mol. The highest BCUT2D eigenvalue weighted by Gasteiger charge is 2.16. The number of oxazole rings is 1. The van der Waals surface area contributed by atoms with Gasteiger partial charge in [0, 0.05) is 19.2 Å². The zero-order valence-electron chi connectivity index (χ0n) is 10.3. The Bertz CT molecular complexity index is 567. The summed E-state index contributed by atoms with van der Waals surface area (Å²) < 4.78 is 5.39. The molecule has 0 aliphatic heterocycles. The smallest absolute Gasteiger partial charge is 0.298 e. The molecule has 1 aromatic heterocycles. The Morgan fingerprint density at radius 3 is 2.95 bits per heavy atom. The second-order valence-electron chi connectivity index (χ2n) is 4.11. The van der Waals surface area contributed by atoms with Crippen LogP contribution in [0.15, 0.2) is 22.6 Å². The van der Waals surface area contributed by atoms with Crippen molar-refractivity contribution in [3.63, 3.8) is 0 Å². The summed E-state index contributed by atoms with van der Waals surface area (Å²) in [6.07, 6.45) is 2.55. The van der Waals surface area contributed by atoms with E-state index in [1.54, 1.807) is 12.1 Å². The molecule has 0 unspecified atom stereocenters. The molecule has 1 aromatic carbocycles. The second kappa shape index (κ2) is 6.14. The SMILES string of the molecule is O=[N+]([O-])c1cccc2oc(NCCCCCO)nc12. The highest BCUT2D eigenvalue weighted by molar-refractivity contribution is 5.83. The molecule has 2 aromatic rings. The second-order valence-corrected chi connectivity index (χ2v) is 4.11. The summed E-state index contributed by atoms with van der Waals surface area (Å²) in [5.41, 5.74) is 0.590. The van der Waals surface area contributed by atoms with Crippen molar-refractivity contribution in [2.45, 2.75) is 19.3 Å². The first-order valence-corrected chi connectivity index (χ1v) is 6.11. The molecule has 0 saturated heterocycles. The number of rotatable bonds is 7. The van der Waals surface area contributed by atoms with Crippen molar-refractivity contribution in [3.8, 4) is 0 Å². The number of benzene rings is 1. The number of para-hydroxylation sites is 1. The van der Waals surface area contributed by atoms with Gasteiger partial charge >= 0.3 is 0 Å². The van der Waals surface area contributed by atoms with E-state index in [4.69, 9.17) is 9.52 Å². The molecule has 0 aliphatic rings. The van der Waals surface area contributed by atoms with Crippen LogP contribution in [0.3, 0.4) is 0 Å². The van der Waals surface area contributed by atoms with E-state index in [1.807, 2.05) is 0 Å². The Morgan fingerprint density at radius 2 is 2.21 bits per heavy atom. The Balaban J connectivity index is 2.05. The standard InChI is InChI=1S/C12H15N3O4/c16-8-3-1-2-7-13-12-14-11-9(15(17)18)5-4-6-10(11)19-12/h4-6,16H,1-3,7-8H2,(H,13,14). The lowest BCUT2D eigenvalue weighted by molar-refractivity contribution is -0.383. The number of anilines is 1. The summed E-state index contributed by atoms with van der Waals surface area (Å²) in [6, 6.07) is 4.90. The Morgan fingerprint density at radius 1 is 1.37 bits per heavy atom. The fourth-order valence-corrected chi connectivity index (χ4v) is 1.77. The number of non-ortho nitro benzene ring substituents is 1. The van der Waals surface area contributed by atoms with Crippen LogP contribution in [-0.2, 0) is 0 Å². The third-order valence-electron chi connectivity index (χ3n) is 2.71. The van der Waals surface area contributed by atoms with Crippen LogP contribution in [0, 0.1) is 10.1 Å². The number of nitro groups is 1. The number of aliphatic hydroxyl groups is 1. The fraction of sp³-hybridized carbons (Fsp3) is 0.417. The summed E-state index contributed by atoms with van der Waals surface area (Å²) in [7, 11) is 0. The van der Waals surface area contributed by atoms with Gasteiger partial charge in [0.1, 0.15) is 0 Å². The number of hydrogen-bond donors (Lipinski definition) is 2. The minimum Gasteiger partial charge on any atom is -0.423 e. The zero-order valence-corrected chi connectivity index (χ0v) is 10.3. The van der Waals surface area contributed by atoms with Gasteiger partial charge in [0.2, 0.25) is 0 Å². The molecule has 0 radical (unpaired) electrons. The molecule has 2 N–H and O–H groups in total. The normalized spacial score (nSPS) is 10.8. The number of nitrogens with zero attached hydrogens (tertiary/aromatic N) is 2. The molecular weight excluding hydrogens is 250 g/mol. The van der Waals surface area contributed by atoms with Crippen LogP contribution >= 0.6 is 0 Å². The van der Waals surface area contributed by atoms with E-state index in [0.717, 1.165) is 19.3 Å². The Hall–Kier alpha value is -2.15. The first-order chi connectivity index (χ1) is 9.22. The molecule has 2 rings (SSSR count). The molecule has 7 heteroatoms. The largest absolute Gasteiger partial charge is 0.423 e. The third-order valence-corrected chi connectivity index (χ3v) is 2.71. The van der Waals surface area contributed by atoms with E-state index in [1.165, 1.54) is 6.07 Å². The molecule has 1 heterocycles. The van der Waals surface area contributed by atoms with Gasteiger partial charge < -0.3 is 14.8 Å². The minimum absolute atomic E-state index is 0.0606. The van der Waals surface area contributed by atoms with Crippen LogP contribution in [0.2, 0.25) is 0 Å². The van der Waals surface area contributed by atoms with Crippen molar-refractivity contribution in [1.82, 2.24) is 4.98 Å². The van der Waals surface area contributed by atoms with Crippen LogP contribution in [-0.4, -0.2) is 28.2 Å². The van der Waals surface area contributed by atoms with E-state index in [0.29, 0.717) is 12.1 Å². The molecule has 0 bridgehead atoms. The summed E-state index contributed by atoms with van der Waals surface area (Å²) >= 11 is 0. The number of hydrogen-bond acceptors (Lipinski definition) is 6. The molecule has 0 aliphatic carbocycles. The van der Waals surface area contributed by atoms with Gasteiger partial charge in [0.25, 0.3) is 11.7 Å². The van der Waals surface area contributed by atoms with Gasteiger partial charge in [-0.15, -0.1) is 0 Å². The van der Waals surface area contributed by atoms with E-state index in [2.05, 4.69) is 10.3 Å². The highest BCUT2D eigenvalue weighted by Crippen LogP contribution is 2.27. The van der Waals surface area contributed by atoms with Crippen LogP contribution in [0.4, 0.5) is 11.7 Å². The van der Waals surface area contributed by atoms with Gasteiger partial charge in [-0.05, 0) is 25.3 Å². The number of aliphatic hydroxyl groups excluding tert-OH is 1. The van der Waals surface area contributed by atoms with Crippen molar-refractivity contribution in [2.75, 3.05) is 18.5 Å². The zero-order chi connectivity index (χ0) is 13.7. The molecule has 19 heavy (non-hydrogen) atoms. The summed E-state index contributed by atoms with van der Waals surface area (Å²) in [5, 5.41) is 22.5. The van der Waals surface area contributed by atoms with Gasteiger partial charge in [-0.25, -0.2) is 0 Å². The first kappa shape index (κ1) is 13.3. The summed E-state index contributed by atoms with van der Waals surface area (Å²) in [4.78, 5) is 14.4.